The molecule has 0 aliphatic carbocycles. The molecule has 2 N–H and O–H groups in total. The number of hydrogen-bond donors (Lipinski definition) is 2. The number of hydrazine groups is 1. The molecule has 0 aliphatic rings. The van der Waals surface area contributed by atoms with Crippen LogP contribution in [0.3, 0.4) is 0 Å². The number of amides is 2. The number of carbonyl (C=O) groups is 2. The summed E-state index contributed by atoms with van der Waals surface area (Å²) in [5.41, 5.74) is 7.10. The molecule has 0 unspecified atom stereocenters. The van der Waals surface area contributed by atoms with Gasteiger partial charge in [-0.3, -0.25) is 20.4 Å². The first kappa shape index (κ1) is 16.4. The maximum Gasteiger partial charge on any atom is 0.279 e. The standard InChI is InChI=1S/C16H13BrN4O2S/c1-10-8-9-18-21(10)12-4-2-11(3-5-12)15(22)19-20-16(23)13-6-7-14(17)24-13/h2-9H,1H3,(H,19,22)(H,20,23). The maximum atomic E-state index is 12.1. The van der Waals surface area contributed by atoms with Crippen molar-refractivity contribution in [2.24, 2.45) is 0 Å². The van der Waals surface area contributed by atoms with Crippen LogP contribution in [0.1, 0.15) is 25.7 Å². The van der Waals surface area contributed by atoms with E-state index in [4.69, 9.17) is 0 Å². The van der Waals surface area contributed by atoms with Crippen LogP contribution in [0.15, 0.2) is 52.4 Å². The second-order valence-corrected chi connectivity index (χ2v) is 7.41. The zero-order valence-electron chi connectivity index (χ0n) is 12.6. The lowest BCUT2D eigenvalue weighted by molar-refractivity contribution is 0.0849. The van der Waals surface area contributed by atoms with Crippen molar-refractivity contribution < 1.29 is 9.59 Å². The van der Waals surface area contributed by atoms with Crippen molar-refractivity contribution in [3.8, 4) is 5.69 Å². The summed E-state index contributed by atoms with van der Waals surface area (Å²) in [6.45, 7) is 1.95. The van der Waals surface area contributed by atoms with Gasteiger partial charge in [0.1, 0.15) is 0 Å². The van der Waals surface area contributed by atoms with Crippen molar-refractivity contribution in [1.82, 2.24) is 20.6 Å². The number of halogens is 1. The molecule has 0 radical (unpaired) electrons. The van der Waals surface area contributed by atoms with Gasteiger partial charge in [0.15, 0.2) is 0 Å². The number of benzene rings is 1. The predicted octanol–water partition coefficient (Wildman–Crippen LogP) is 3.08. The molecule has 3 aromatic rings. The highest BCUT2D eigenvalue weighted by Gasteiger charge is 2.11. The van der Waals surface area contributed by atoms with Crippen LogP contribution in [0.2, 0.25) is 0 Å². The number of nitrogens with zero attached hydrogens (tertiary/aromatic N) is 2. The molecule has 0 atom stereocenters. The van der Waals surface area contributed by atoms with E-state index in [2.05, 4.69) is 31.9 Å². The topological polar surface area (TPSA) is 76.0 Å². The van der Waals surface area contributed by atoms with Gasteiger partial charge in [0.25, 0.3) is 11.8 Å². The van der Waals surface area contributed by atoms with Gasteiger partial charge in [-0.05, 0) is 65.3 Å². The first-order valence-corrected chi connectivity index (χ1v) is 8.62. The zero-order chi connectivity index (χ0) is 17.1. The smallest absolute Gasteiger partial charge is 0.267 e. The molecule has 2 aromatic heterocycles. The van der Waals surface area contributed by atoms with E-state index < -0.39 is 0 Å². The van der Waals surface area contributed by atoms with Crippen molar-refractivity contribution >= 4 is 39.1 Å². The normalized spacial score (nSPS) is 10.4. The SMILES string of the molecule is Cc1ccnn1-c1ccc(C(=O)NNC(=O)c2ccc(Br)s2)cc1. The van der Waals surface area contributed by atoms with Gasteiger partial charge in [0, 0.05) is 17.5 Å². The largest absolute Gasteiger partial charge is 0.279 e. The van der Waals surface area contributed by atoms with Gasteiger partial charge in [-0.1, -0.05) is 0 Å². The molecule has 1 aromatic carbocycles. The predicted molar refractivity (Wildman–Crippen MR) is 95.3 cm³/mol. The highest BCUT2D eigenvalue weighted by atomic mass is 79.9. The number of thiophene rings is 1. The minimum absolute atomic E-state index is 0.358. The van der Waals surface area contributed by atoms with Gasteiger partial charge in [-0.15, -0.1) is 11.3 Å². The summed E-state index contributed by atoms with van der Waals surface area (Å²) in [4.78, 5) is 24.5. The minimum Gasteiger partial charge on any atom is -0.267 e. The average Bonchev–Trinajstić information content (AvgIpc) is 3.21. The Balaban J connectivity index is 1.63. The van der Waals surface area contributed by atoms with Crippen LogP contribution in [0.4, 0.5) is 0 Å². The molecule has 0 bridgehead atoms. The Bertz CT molecular complexity index is 886. The van der Waals surface area contributed by atoms with Gasteiger partial charge in [-0.25, -0.2) is 4.68 Å². The van der Waals surface area contributed by atoms with Gasteiger partial charge >= 0.3 is 0 Å². The lowest BCUT2D eigenvalue weighted by atomic mass is 10.2. The van der Waals surface area contributed by atoms with Crippen LogP contribution in [0.5, 0.6) is 0 Å². The second kappa shape index (κ2) is 6.98. The Morgan fingerprint density at radius 2 is 1.75 bits per heavy atom. The Hall–Kier alpha value is -2.45. The Kier molecular flexibility index (Phi) is 4.77. The Labute approximate surface area is 150 Å². The molecule has 0 spiro atoms. The summed E-state index contributed by atoms with van der Waals surface area (Å²) in [6, 6.07) is 12.3. The fraction of sp³-hybridized carbons (Fsp3) is 0.0625. The van der Waals surface area contributed by atoms with Gasteiger partial charge in [-0.2, -0.15) is 5.10 Å². The van der Waals surface area contributed by atoms with Crippen LogP contribution in [-0.4, -0.2) is 21.6 Å². The van der Waals surface area contributed by atoms with Crippen molar-refractivity contribution in [3.05, 3.63) is 68.6 Å². The lowest BCUT2D eigenvalue weighted by Gasteiger charge is -2.08. The molecular weight excluding hydrogens is 392 g/mol. The molecule has 2 amide bonds. The Morgan fingerprint density at radius 3 is 2.33 bits per heavy atom. The molecule has 24 heavy (non-hydrogen) atoms. The monoisotopic (exact) mass is 404 g/mol. The Morgan fingerprint density at radius 1 is 1.04 bits per heavy atom. The average molecular weight is 405 g/mol. The van der Waals surface area contributed by atoms with Crippen LogP contribution in [0.25, 0.3) is 5.69 Å². The lowest BCUT2D eigenvalue weighted by Crippen LogP contribution is -2.41. The van der Waals surface area contributed by atoms with Crippen LogP contribution >= 0.6 is 27.3 Å². The molecule has 2 heterocycles. The summed E-state index contributed by atoms with van der Waals surface area (Å²) in [6.07, 6.45) is 1.72. The molecule has 122 valence electrons. The molecule has 0 aliphatic heterocycles. The summed E-state index contributed by atoms with van der Waals surface area (Å²) in [5.74, 6) is -0.745. The molecule has 0 saturated heterocycles. The van der Waals surface area contributed by atoms with Crippen LogP contribution in [0, 0.1) is 6.92 Å². The zero-order valence-corrected chi connectivity index (χ0v) is 15.0. The molecule has 0 saturated carbocycles. The third-order valence-electron chi connectivity index (χ3n) is 3.29. The summed E-state index contributed by atoms with van der Waals surface area (Å²) in [7, 11) is 0. The highest BCUT2D eigenvalue weighted by Crippen LogP contribution is 2.21. The van der Waals surface area contributed by atoms with E-state index in [1.54, 1.807) is 47.3 Å². The van der Waals surface area contributed by atoms with Gasteiger partial charge < -0.3 is 0 Å². The third-order valence-corrected chi connectivity index (χ3v) is 4.92. The summed E-state index contributed by atoms with van der Waals surface area (Å²) >= 11 is 4.58. The minimum atomic E-state index is -0.386. The molecular formula is C16H13BrN4O2S. The van der Waals surface area contributed by atoms with E-state index in [0.29, 0.717) is 10.4 Å². The van der Waals surface area contributed by atoms with E-state index in [1.807, 2.05) is 13.0 Å². The number of nitrogens with one attached hydrogen (secondary N) is 2. The highest BCUT2D eigenvalue weighted by molar-refractivity contribution is 9.11. The second-order valence-electron chi connectivity index (χ2n) is 4.94. The maximum absolute atomic E-state index is 12.1. The number of rotatable bonds is 3. The van der Waals surface area contributed by atoms with Crippen molar-refractivity contribution in [3.63, 3.8) is 0 Å². The molecule has 6 nitrogen and oxygen atoms in total. The van der Waals surface area contributed by atoms with Crippen LogP contribution < -0.4 is 10.9 Å². The number of carbonyl (C=O) groups excluding carboxylic acids is 2. The molecule has 8 heteroatoms. The number of aryl methyl sites for hydroxylation is 1. The molecule has 3 rings (SSSR count). The van der Waals surface area contributed by atoms with E-state index in [-0.39, 0.29) is 11.8 Å². The first-order valence-electron chi connectivity index (χ1n) is 7.01. The van der Waals surface area contributed by atoms with Crippen molar-refractivity contribution in [1.29, 1.82) is 0 Å². The third kappa shape index (κ3) is 3.55. The van der Waals surface area contributed by atoms with E-state index in [0.717, 1.165) is 15.2 Å². The first-order chi connectivity index (χ1) is 11.5. The van der Waals surface area contributed by atoms with Crippen LogP contribution in [-0.2, 0) is 0 Å². The number of hydrogen-bond acceptors (Lipinski definition) is 4. The van der Waals surface area contributed by atoms with Crippen molar-refractivity contribution in [2.75, 3.05) is 0 Å². The van der Waals surface area contributed by atoms with Crippen molar-refractivity contribution in [2.45, 2.75) is 6.92 Å². The quantitative estimate of drug-likeness (QED) is 0.658. The van der Waals surface area contributed by atoms with E-state index in [1.165, 1.54) is 11.3 Å². The number of aromatic nitrogens is 2. The summed E-state index contributed by atoms with van der Waals surface area (Å²) in [5, 5.41) is 4.21. The molecule has 0 fully saturated rings. The fourth-order valence-electron chi connectivity index (χ4n) is 2.08. The summed E-state index contributed by atoms with van der Waals surface area (Å²) < 4.78 is 2.63. The van der Waals surface area contributed by atoms with Gasteiger partial charge in [0.2, 0.25) is 0 Å². The fourth-order valence-corrected chi connectivity index (χ4v) is 3.36. The van der Waals surface area contributed by atoms with Gasteiger partial charge in [0.05, 0.1) is 14.4 Å². The van der Waals surface area contributed by atoms with E-state index in [9.17, 15) is 9.59 Å². The van der Waals surface area contributed by atoms with E-state index >= 15 is 0 Å².